The third-order valence-corrected chi connectivity index (χ3v) is 7.59. The summed E-state index contributed by atoms with van der Waals surface area (Å²) >= 11 is 4.43. The van der Waals surface area contributed by atoms with Gasteiger partial charge in [-0.1, -0.05) is 41.1 Å². The standard InChI is InChI=1S/C25H27BrN2O2S/c1-5-28-21-11-8-18(12-20(21)16(2)14-25(28,3)4)13-22-23(29)27(24(30)31-22)15-17-6-9-19(26)10-7-17/h6-13,16H,5,14-15H2,1-4H3/b22-13+. The molecule has 4 rings (SSSR count). The normalized spacial score (nSPS) is 21.7. The molecule has 1 atom stereocenters. The number of thioether (sulfide) groups is 1. The van der Waals surface area contributed by atoms with Crippen molar-refractivity contribution in [3.8, 4) is 0 Å². The number of hydrogen-bond acceptors (Lipinski definition) is 4. The van der Waals surface area contributed by atoms with Crippen molar-refractivity contribution in [2.45, 2.75) is 52.1 Å². The molecule has 0 radical (unpaired) electrons. The molecule has 6 heteroatoms. The van der Waals surface area contributed by atoms with Crippen LogP contribution in [0, 0.1) is 0 Å². The summed E-state index contributed by atoms with van der Waals surface area (Å²) in [6.45, 7) is 10.3. The Morgan fingerprint density at radius 3 is 2.55 bits per heavy atom. The van der Waals surface area contributed by atoms with Gasteiger partial charge in [0, 0.05) is 22.2 Å². The van der Waals surface area contributed by atoms with E-state index in [0.717, 1.165) is 40.3 Å². The Morgan fingerprint density at radius 2 is 1.87 bits per heavy atom. The molecule has 0 saturated carbocycles. The molecule has 0 N–H and O–H groups in total. The van der Waals surface area contributed by atoms with E-state index in [0.29, 0.717) is 10.8 Å². The van der Waals surface area contributed by atoms with Crippen molar-refractivity contribution in [2.24, 2.45) is 0 Å². The Bertz CT molecular complexity index is 1060. The van der Waals surface area contributed by atoms with Crippen LogP contribution in [0.4, 0.5) is 10.5 Å². The molecule has 0 aliphatic carbocycles. The number of anilines is 1. The number of carbonyl (C=O) groups excluding carboxylic acids is 2. The number of fused-ring (bicyclic) bond motifs is 1. The average Bonchev–Trinajstić information content (AvgIpc) is 2.97. The average molecular weight is 499 g/mol. The van der Waals surface area contributed by atoms with Gasteiger partial charge < -0.3 is 4.90 Å². The quantitative estimate of drug-likeness (QED) is 0.434. The fourth-order valence-electron chi connectivity index (χ4n) is 4.76. The summed E-state index contributed by atoms with van der Waals surface area (Å²) in [6.07, 6.45) is 2.94. The van der Waals surface area contributed by atoms with Crippen molar-refractivity contribution in [3.05, 3.63) is 68.5 Å². The van der Waals surface area contributed by atoms with Crippen molar-refractivity contribution in [2.75, 3.05) is 11.4 Å². The lowest BCUT2D eigenvalue weighted by atomic mass is 9.79. The van der Waals surface area contributed by atoms with Gasteiger partial charge in [-0.3, -0.25) is 14.5 Å². The van der Waals surface area contributed by atoms with Crippen LogP contribution in [0.2, 0.25) is 0 Å². The molecule has 2 aliphatic heterocycles. The van der Waals surface area contributed by atoms with E-state index in [4.69, 9.17) is 0 Å². The van der Waals surface area contributed by atoms with Crippen molar-refractivity contribution >= 4 is 50.6 Å². The van der Waals surface area contributed by atoms with Crippen LogP contribution in [-0.4, -0.2) is 28.1 Å². The van der Waals surface area contributed by atoms with Gasteiger partial charge in [0.1, 0.15) is 0 Å². The van der Waals surface area contributed by atoms with Crippen LogP contribution in [0.25, 0.3) is 6.08 Å². The van der Waals surface area contributed by atoms with Gasteiger partial charge in [-0.25, -0.2) is 0 Å². The van der Waals surface area contributed by atoms with Gasteiger partial charge in [0.2, 0.25) is 0 Å². The minimum atomic E-state index is -0.222. The van der Waals surface area contributed by atoms with Crippen molar-refractivity contribution in [1.29, 1.82) is 0 Å². The van der Waals surface area contributed by atoms with Gasteiger partial charge >= 0.3 is 0 Å². The Balaban J connectivity index is 1.59. The van der Waals surface area contributed by atoms with Crippen molar-refractivity contribution < 1.29 is 9.59 Å². The Labute approximate surface area is 196 Å². The van der Waals surface area contributed by atoms with Crippen LogP contribution in [0.5, 0.6) is 0 Å². The van der Waals surface area contributed by atoms with Crippen molar-refractivity contribution in [3.63, 3.8) is 0 Å². The molecule has 4 nitrogen and oxygen atoms in total. The second-order valence-corrected chi connectivity index (χ2v) is 10.8. The number of halogens is 1. The molecule has 2 amide bonds. The van der Waals surface area contributed by atoms with E-state index < -0.39 is 0 Å². The second-order valence-electron chi connectivity index (χ2n) is 8.87. The summed E-state index contributed by atoms with van der Waals surface area (Å²) in [6, 6.07) is 14.1. The zero-order valence-electron chi connectivity index (χ0n) is 18.3. The van der Waals surface area contributed by atoms with Gasteiger partial charge in [-0.2, -0.15) is 0 Å². The van der Waals surface area contributed by atoms with E-state index in [9.17, 15) is 9.59 Å². The van der Waals surface area contributed by atoms with Crippen LogP contribution in [0.3, 0.4) is 0 Å². The summed E-state index contributed by atoms with van der Waals surface area (Å²) < 4.78 is 0.969. The summed E-state index contributed by atoms with van der Waals surface area (Å²) in [5.41, 5.74) is 4.60. The lowest BCUT2D eigenvalue weighted by Gasteiger charge is -2.47. The molecule has 1 saturated heterocycles. The molecule has 162 valence electrons. The fraction of sp³-hybridized carbons (Fsp3) is 0.360. The molecule has 2 aromatic carbocycles. The third-order valence-electron chi connectivity index (χ3n) is 6.15. The van der Waals surface area contributed by atoms with Crippen LogP contribution in [0.15, 0.2) is 51.8 Å². The summed E-state index contributed by atoms with van der Waals surface area (Å²) in [7, 11) is 0. The number of amides is 2. The fourth-order valence-corrected chi connectivity index (χ4v) is 5.86. The molecule has 0 spiro atoms. The summed E-state index contributed by atoms with van der Waals surface area (Å²) in [5.74, 6) is 0.216. The van der Waals surface area contributed by atoms with Gasteiger partial charge in [0.15, 0.2) is 0 Å². The van der Waals surface area contributed by atoms with Gasteiger partial charge in [0.05, 0.1) is 11.4 Å². The zero-order valence-corrected chi connectivity index (χ0v) is 20.7. The highest BCUT2D eigenvalue weighted by Gasteiger charge is 2.37. The van der Waals surface area contributed by atoms with E-state index in [2.05, 4.69) is 66.7 Å². The van der Waals surface area contributed by atoms with E-state index in [1.54, 1.807) is 0 Å². The first-order valence-corrected chi connectivity index (χ1v) is 12.2. The molecular weight excluding hydrogens is 472 g/mol. The first-order valence-electron chi connectivity index (χ1n) is 10.6. The lowest BCUT2D eigenvalue weighted by Crippen LogP contribution is -2.48. The van der Waals surface area contributed by atoms with E-state index in [-0.39, 0.29) is 23.2 Å². The molecule has 2 aromatic rings. The second kappa shape index (κ2) is 8.47. The van der Waals surface area contributed by atoms with Crippen LogP contribution < -0.4 is 4.90 Å². The SMILES string of the molecule is CCN1c2ccc(/C=C3/SC(=O)N(Cc4ccc(Br)cc4)C3=O)cc2C(C)CC1(C)C. The molecule has 1 unspecified atom stereocenters. The third kappa shape index (κ3) is 4.33. The van der Waals surface area contributed by atoms with Crippen LogP contribution in [-0.2, 0) is 11.3 Å². The minimum Gasteiger partial charge on any atom is -0.366 e. The molecule has 2 heterocycles. The molecule has 2 aliphatic rings. The number of carbonyl (C=O) groups is 2. The Kier molecular flexibility index (Phi) is 6.05. The number of rotatable bonds is 4. The molecule has 31 heavy (non-hydrogen) atoms. The highest BCUT2D eigenvalue weighted by Crippen LogP contribution is 2.44. The Morgan fingerprint density at radius 1 is 1.16 bits per heavy atom. The predicted octanol–water partition coefficient (Wildman–Crippen LogP) is 6.80. The Hall–Kier alpha value is -2.05. The number of nitrogens with zero attached hydrogens (tertiary/aromatic N) is 2. The highest BCUT2D eigenvalue weighted by atomic mass is 79.9. The van der Waals surface area contributed by atoms with Gasteiger partial charge in [0.25, 0.3) is 11.1 Å². The summed E-state index contributed by atoms with van der Waals surface area (Å²) in [5, 5.41) is -0.218. The molecule has 0 bridgehead atoms. The van der Waals surface area contributed by atoms with Crippen molar-refractivity contribution in [1.82, 2.24) is 4.90 Å². The topological polar surface area (TPSA) is 40.6 Å². The first-order chi connectivity index (χ1) is 14.7. The first kappa shape index (κ1) is 22.2. The van der Waals surface area contributed by atoms with Crippen LogP contribution in [0.1, 0.15) is 56.7 Å². The molecule has 0 aromatic heterocycles. The van der Waals surface area contributed by atoms with Gasteiger partial charge in [-0.15, -0.1) is 0 Å². The highest BCUT2D eigenvalue weighted by molar-refractivity contribution is 9.10. The minimum absolute atomic E-state index is 0.123. The molecular formula is C25H27BrN2O2S. The van der Waals surface area contributed by atoms with Crippen LogP contribution >= 0.6 is 27.7 Å². The zero-order chi connectivity index (χ0) is 22.3. The monoisotopic (exact) mass is 498 g/mol. The van der Waals surface area contributed by atoms with E-state index in [1.165, 1.54) is 16.2 Å². The lowest BCUT2D eigenvalue weighted by molar-refractivity contribution is -0.123. The largest absolute Gasteiger partial charge is 0.366 e. The maximum Gasteiger partial charge on any atom is 0.293 e. The van der Waals surface area contributed by atoms with Gasteiger partial charge in [-0.05, 0) is 91.9 Å². The predicted molar refractivity (Wildman–Crippen MR) is 132 cm³/mol. The number of benzene rings is 2. The maximum absolute atomic E-state index is 12.9. The number of imide groups is 1. The summed E-state index contributed by atoms with van der Waals surface area (Å²) in [4.78, 5) is 29.7. The maximum atomic E-state index is 12.9. The van der Waals surface area contributed by atoms with E-state index >= 15 is 0 Å². The molecule has 1 fully saturated rings. The smallest absolute Gasteiger partial charge is 0.293 e. The van der Waals surface area contributed by atoms with E-state index in [1.807, 2.05) is 30.3 Å². The number of hydrogen-bond donors (Lipinski definition) is 0.